The van der Waals surface area contributed by atoms with Gasteiger partial charge < -0.3 is 14.2 Å². The van der Waals surface area contributed by atoms with Crippen LogP contribution in [0.1, 0.15) is 24.3 Å². The van der Waals surface area contributed by atoms with Crippen molar-refractivity contribution in [1.82, 2.24) is 19.4 Å². The molecule has 3 rings (SSSR count). The van der Waals surface area contributed by atoms with Crippen molar-refractivity contribution in [3.05, 3.63) is 23.8 Å². The van der Waals surface area contributed by atoms with E-state index in [1.54, 1.807) is 26.2 Å². The third-order valence-electron chi connectivity index (χ3n) is 4.26. The minimum atomic E-state index is -3.68. The molecule has 1 aliphatic rings. The van der Waals surface area contributed by atoms with Crippen LogP contribution in [0.25, 0.3) is 0 Å². The second-order valence-electron chi connectivity index (χ2n) is 6.48. The fraction of sp³-hybridized carbons (Fsp3) is 0.562. The van der Waals surface area contributed by atoms with Crippen molar-refractivity contribution in [2.45, 2.75) is 37.7 Å². The number of rotatable bonds is 5. The molecule has 0 N–H and O–H groups in total. The van der Waals surface area contributed by atoms with Gasteiger partial charge in [-0.1, -0.05) is 5.16 Å². The Bertz CT molecular complexity index is 861. The number of anilines is 1. The Morgan fingerprint density at radius 2 is 2.00 bits per heavy atom. The van der Waals surface area contributed by atoms with Crippen molar-refractivity contribution >= 4 is 15.8 Å². The molecule has 142 valence electrons. The van der Waals surface area contributed by atoms with Crippen LogP contribution in [0.15, 0.2) is 21.8 Å². The van der Waals surface area contributed by atoms with Crippen molar-refractivity contribution in [3.63, 3.8) is 0 Å². The molecule has 3 heterocycles. The number of hydrogen-bond acceptors (Lipinski definition) is 8. The predicted octanol–water partition coefficient (Wildman–Crippen LogP) is 1.38. The van der Waals surface area contributed by atoms with Gasteiger partial charge in [-0.15, -0.1) is 0 Å². The molecule has 0 unspecified atom stereocenters. The highest BCUT2D eigenvalue weighted by molar-refractivity contribution is 7.89. The molecule has 1 atom stereocenters. The number of piperidine rings is 1. The largest absolute Gasteiger partial charge is 0.470 e. The maximum absolute atomic E-state index is 13.0. The summed E-state index contributed by atoms with van der Waals surface area (Å²) >= 11 is 0. The van der Waals surface area contributed by atoms with Crippen molar-refractivity contribution in [3.8, 4) is 5.88 Å². The molecule has 0 aromatic carbocycles. The Kier molecular flexibility index (Phi) is 5.15. The Morgan fingerprint density at radius 3 is 2.65 bits per heavy atom. The highest BCUT2D eigenvalue weighted by Crippen LogP contribution is 2.28. The maximum Gasteiger partial charge on any atom is 0.257 e. The number of ether oxygens (including phenoxy) is 1. The molecule has 0 saturated carbocycles. The quantitative estimate of drug-likeness (QED) is 0.765. The fourth-order valence-corrected chi connectivity index (χ4v) is 4.86. The lowest BCUT2D eigenvalue weighted by Crippen LogP contribution is -2.44. The Morgan fingerprint density at radius 1 is 1.27 bits per heavy atom. The summed E-state index contributed by atoms with van der Waals surface area (Å²) in [5.41, 5.74) is 0.370. The van der Waals surface area contributed by atoms with Gasteiger partial charge in [0.05, 0.1) is 6.54 Å². The molecular weight excluding hydrogens is 358 g/mol. The summed E-state index contributed by atoms with van der Waals surface area (Å²) in [7, 11) is 0.0252. The van der Waals surface area contributed by atoms with Gasteiger partial charge in [-0.2, -0.15) is 4.31 Å². The smallest absolute Gasteiger partial charge is 0.257 e. The van der Waals surface area contributed by atoms with Crippen molar-refractivity contribution in [2.24, 2.45) is 0 Å². The van der Waals surface area contributed by atoms with Crippen LogP contribution in [0, 0.1) is 13.8 Å². The van der Waals surface area contributed by atoms with Gasteiger partial charge in [-0.3, -0.25) is 0 Å². The monoisotopic (exact) mass is 381 g/mol. The summed E-state index contributed by atoms with van der Waals surface area (Å²) in [6.45, 7) is 3.92. The highest BCUT2D eigenvalue weighted by atomic mass is 32.2. The third-order valence-corrected chi connectivity index (χ3v) is 6.37. The van der Waals surface area contributed by atoms with E-state index in [9.17, 15) is 8.42 Å². The van der Waals surface area contributed by atoms with E-state index in [0.29, 0.717) is 36.1 Å². The minimum absolute atomic E-state index is 0.145. The average Bonchev–Trinajstić information content (AvgIpc) is 2.94. The molecule has 1 saturated heterocycles. The molecule has 0 spiro atoms. The van der Waals surface area contributed by atoms with E-state index in [2.05, 4.69) is 15.1 Å². The van der Waals surface area contributed by atoms with Gasteiger partial charge in [0.25, 0.3) is 5.88 Å². The average molecular weight is 381 g/mol. The summed E-state index contributed by atoms with van der Waals surface area (Å²) in [5, 5.41) is 3.76. The number of nitrogens with zero attached hydrogens (tertiary/aromatic N) is 5. The summed E-state index contributed by atoms with van der Waals surface area (Å²) < 4.78 is 38.4. The summed E-state index contributed by atoms with van der Waals surface area (Å²) in [6, 6.07) is 0. The molecular formula is C16H23N5O4S. The second-order valence-corrected chi connectivity index (χ2v) is 8.35. The van der Waals surface area contributed by atoms with E-state index in [-0.39, 0.29) is 17.5 Å². The summed E-state index contributed by atoms with van der Waals surface area (Å²) in [4.78, 5) is 10.5. The lowest BCUT2D eigenvalue weighted by atomic mass is 10.1. The van der Waals surface area contributed by atoms with E-state index < -0.39 is 10.0 Å². The molecule has 0 radical (unpaired) electrons. The predicted molar refractivity (Wildman–Crippen MR) is 94.7 cm³/mol. The Hall–Kier alpha value is -2.20. The van der Waals surface area contributed by atoms with Gasteiger partial charge in [-0.25, -0.2) is 18.4 Å². The minimum Gasteiger partial charge on any atom is -0.470 e. The van der Waals surface area contributed by atoms with Gasteiger partial charge in [0.15, 0.2) is 11.6 Å². The highest BCUT2D eigenvalue weighted by Gasteiger charge is 2.35. The van der Waals surface area contributed by atoms with E-state index in [1.807, 2.05) is 19.0 Å². The van der Waals surface area contributed by atoms with E-state index >= 15 is 0 Å². The molecule has 0 aliphatic carbocycles. The summed E-state index contributed by atoms with van der Waals surface area (Å²) in [6.07, 6.45) is 4.30. The second kappa shape index (κ2) is 7.20. The van der Waals surface area contributed by atoms with Gasteiger partial charge in [0.2, 0.25) is 10.0 Å². The van der Waals surface area contributed by atoms with Crippen LogP contribution < -0.4 is 9.64 Å². The van der Waals surface area contributed by atoms with Crippen molar-refractivity contribution in [1.29, 1.82) is 0 Å². The maximum atomic E-state index is 13.0. The van der Waals surface area contributed by atoms with Gasteiger partial charge in [-0.05, 0) is 26.7 Å². The fourth-order valence-electron chi connectivity index (χ4n) is 3.06. The number of sulfonamides is 1. The standard InChI is InChI=1S/C16H23N5O4S/c1-11-14(12(2)25-19-11)26(22,23)21-9-5-6-13(10-21)24-16-15(20(3)4)17-7-8-18-16/h7-8,13H,5-6,9-10H2,1-4H3/t13-/m0/s1. The first-order chi connectivity index (χ1) is 12.3. The lowest BCUT2D eigenvalue weighted by Gasteiger charge is -2.32. The first-order valence-corrected chi connectivity index (χ1v) is 9.82. The first-order valence-electron chi connectivity index (χ1n) is 8.38. The Labute approximate surface area is 153 Å². The number of aromatic nitrogens is 3. The lowest BCUT2D eigenvalue weighted by molar-refractivity contribution is 0.124. The molecule has 10 heteroatoms. The van der Waals surface area contributed by atoms with E-state index in [0.717, 1.165) is 6.42 Å². The molecule has 1 aliphatic heterocycles. The van der Waals surface area contributed by atoms with Crippen LogP contribution >= 0.6 is 0 Å². The third kappa shape index (κ3) is 3.51. The first kappa shape index (κ1) is 18.6. The van der Waals surface area contributed by atoms with Crippen LogP contribution in [0.4, 0.5) is 5.82 Å². The van der Waals surface area contributed by atoms with E-state index in [1.165, 1.54) is 4.31 Å². The molecule has 2 aromatic heterocycles. The zero-order valence-electron chi connectivity index (χ0n) is 15.3. The van der Waals surface area contributed by atoms with Gasteiger partial charge >= 0.3 is 0 Å². The van der Waals surface area contributed by atoms with Crippen LogP contribution in [0.5, 0.6) is 5.88 Å². The number of aryl methyl sites for hydroxylation is 2. The van der Waals surface area contributed by atoms with Crippen LogP contribution in [0.2, 0.25) is 0 Å². The normalized spacial score (nSPS) is 18.7. The number of hydrogen-bond donors (Lipinski definition) is 0. The Balaban J connectivity index is 1.80. The van der Waals surface area contributed by atoms with E-state index in [4.69, 9.17) is 9.26 Å². The van der Waals surface area contributed by atoms with Crippen LogP contribution in [0.3, 0.4) is 0 Å². The van der Waals surface area contributed by atoms with Crippen LogP contribution in [-0.2, 0) is 10.0 Å². The van der Waals surface area contributed by atoms with Gasteiger partial charge in [0.1, 0.15) is 16.7 Å². The molecule has 0 amide bonds. The zero-order valence-corrected chi connectivity index (χ0v) is 16.2. The molecule has 9 nitrogen and oxygen atoms in total. The SMILES string of the molecule is Cc1noc(C)c1S(=O)(=O)N1CCC[C@H](Oc2nccnc2N(C)C)C1. The zero-order chi connectivity index (χ0) is 18.9. The van der Waals surface area contributed by atoms with Gasteiger partial charge in [0, 0.05) is 33.0 Å². The van der Waals surface area contributed by atoms with Crippen molar-refractivity contribution in [2.75, 3.05) is 32.1 Å². The molecule has 1 fully saturated rings. The molecule has 0 bridgehead atoms. The van der Waals surface area contributed by atoms with Crippen molar-refractivity contribution < 1.29 is 17.7 Å². The molecule has 2 aromatic rings. The van der Waals surface area contributed by atoms with Crippen LogP contribution in [-0.4, -0.2) is 61.1 Å². The topological polar surface area (TPSA) is 102 Å². The molecule has 26 heavy (non-hydrogen) atoms. The summed E-state index contributed by atoms with van der Waals surface area (Å²) in [5.74, 6) is 1.31.